The molecule has 2 unspecified atom stereocenters. The number of quaternary nitrogens is 1. The quantitative estimate of drug-likeness (QED) is 0.134. The van der Waals surface area contributed by atoms with Crippen LogP contribution in [0, 0.1) is 23.0 Å². The van der Waals surface area contributed by atoms with Crippen molar-refractivity contribution < 1.29 is 38.0 Å². The van der Waals surface area contributed by atoms with Crippen LogP contribution >= 0.6 is 11.3 Å². The molecular formula is C35H37F2N8O5S+. The van der Waals surface area contributed by atoms with E-state index in [9.17, 15) is 19.1 Å². The number of ether oxygens (including phenoxy) is 2. The molecule has 16 heteroatoms. The van der Waals surface area contributed by atoms with Gasteiger partial charge in [-0.15, -0.1) is 11.3 Å². The van der Waals surface area contributed by atoms with Crippen molar-refractivity contribution >= 4 is 35.4 Å². The zero-order chi connectivity index (χ0) is 36.5. The lowest BCUT2D eigenvalue weighted by Crippen LogP contribution is -3.09. The van der Waals surface area contributed by atoms with E-state index in [0.29, 0.717) is 32.7 Å². The zero-order valence-electron chi connectivity index (χ0n) is 28.1. The minimum absolute atomic E-state index is 0.0291. The first-order valence-electron chi connectivity index (χ1n) is 16.0. The van der Waals surface area contributed by atoms with Gasteiger partial charge in [0, 0.05) is 40.3 Å². The van der Waals surface area contributed by atoms with Gasteiger partial charge in [0.2, 0.25) is 0 Å². The first kappa shape index (κ1) is 36.9. The molecule has 4 aromatic rings. The van der Waals surface area contributed by atoms with Gasteiger partial charge in [-0.1, -0.05) is 36.3 Å². The van der Waals surface area contributed by atoms with Gasteiger partial charge in [-0.25, -0.2) is 18.7 Å². The lowest BCUT2D eigenvalue weighted by Gasteiger charge is -2.34. The van der Waals surface area contributed by atoms with Gasteiger partial charge >= 0.3 is 11.9 Å². The average Bonchev–Trinajstić information content (AvgIpc) is 3.80. The van der Waals surface area contributed by atoms with Crippen LogP contribution in [0.4, 0.5) is 14.6 Å². The predicted molar refractivity (Wildman–Crippen MR) is 184 cm³/mol. The highest BCUT2D eigenvalue weighted by molar-refractivity contribution is 7.10. The molecule has 2 aromatic carbocycles. The number of aliphatic hydroxyl groups is 1. The Hall–Kier alpha value is -5.34. The summed E-state index contributed by atoms with van der Waals surface area (Å²) in [7, 11) is 1.63. The van der Waals surface area contributed by atoms with E-state index < -0.39 is 41.3 Å². The summed E-state index contributed by atoms with van der Waals surface area (Å²) < 4.78 is 40.1. The number of carbonyl (C=O) groups is 2. The van der Waals surface area contributed by atoms with E-state index in [1.807, 2.05) is 5.38 Å². The number of thiazole rings is 1. The van der Waals surface area contributed by atoms with E-state index in [0.717, 1.165) is 17.7 Å². The second kappa shape index (κ2) is 16.6. The van der Waals surface area contributed by atoms with Crippen molar-refractivity contribution in [2.75, 3.05) is 38.7 Å². The van der Waals surface area contributed by atoms with Crippen LogP contribution in [-0.2, 0) is 31.3 Å². The standard InChI is InChI=1S/C35H36F2N8O5S/c1-22(34-43-30(18-51-34)25-8-6-24(14-38)7-9-25)35(48,28-11-10-27(36)13-29(28)37)19-45-21-44(20-42-45)23(2)50-32(47)16-41-33-26(5-4-12-40-33)17-49-31(46)15-39-3/h4-13,18,20,22-23,39,48H,15-17,19,21H2,1-3H3,(H,40,41)/p+1/t22-,23?,35+/m0/s1. The fourth-order valence-electron chi connectivity index (χ4n) is 5.47. The number of hydrogen-bond donors (Lipinski definition) is 4. The van der Waals surface area contributed by atoms with Gasteiger partial charge in [0.15, 0.2) is 24.8 Å². The van der Waals surface area contributed by atoms with E-state index in [1.54, 1.807) is 62.2 Å². The van der Waals surface area contributed by atoms with Crippen molar-refractivity contribution in [3.8, 4) is 17.3 Å². The molecule has 1 aliphatic heterocycles. The summed E-state index contributed by atoms with van der Waals surface area (Å²) in [5.41, 5.74) is 0.498. The molecule has 1 aliphatic rings. The maximum atomic E-state index is 15.3. The Morgan fingerprint density at radius 2 is 1.94 bits per heavy atom. The third-order valence-electron chi connectivity index (χ3n) is 8.31. The van der Waals surface area contributed by atoms with Crippen LogP contribution in [0.5, 0.6) is 0 Å². The van der Waals surface area contributed by atoms with Crippen molar-refractivity contribution in [1.29, 1.82) is 5.26 Å². The SMILES string of the molecule is CNCC(=O)OCc1cccnc1NCC(=O)OC(C)N1C=N[NH+](C[C@](O)(c2ccc(F)cc2F)[C@@H](C)c2nc(-c3ccc(C#N)cc3)cs2)C1. The van der Waals surface area contributed by atoms with Crippen LogP contribution in [0.1, 0.15) is 41.5 Å². The second-order valence-corrected chi connectivity index (χ2v) is 12.7. The number of esters is 2. The first-order chi connectivity index (χ1) is 24.5. The Balaban J connectivity index is 1.23. The Bertz CT molecular complexity index is 1920. The number of hydrogen-bond acceptors (Lipinski definition) is 13. The topological polar surface area (TPSA) is 166 Å². The van der Waals surface area contributed by atoms with Gasteiger partial charge in [0.25, 0.3) is 0 Å². The molecule has 3 heterocycles. The fraction of sp³-hybridized carbons (Fsp3) is 0.314. The molecule has 0 radical (unpaired) electrons. The molecule has 4 atom stereocenters. The molecule has 0 saturated heterocycles. The molecule has 0 spiro atoms. The van der Waals surface area contributed by atoms with Crippen LogP contribution in [0.2, 0.25) is 0 Å². The number of anilines is 1. The van der Waals surface area contributed by atoms with Gasteiger partial charge < -0.3 is 25.2 Å². The molecule has 266 valence electrons. The summed E-state index contributed by atoms with van der Waals surface area (Å²) in [6, 6.07) is 15.4. The van der Waals surface area contributed by atoms with Crippen LogP contribution in [0.25, 0.3) is 11.3 Å². The molecular weight excluding hydrogens is 682 g/mol. The van der Waals surface area contributed by atoms with Gasteiger partial charge in [0.05, 0.1) is 28.9 Å². The number of carbonyl (C=O) groups excluding carboxylic acids is 2. The summed E-state index contributed by atoms with van der Waals surface area (Å²) >= 11 is 1.29. The molecule has 4 N–H and O–H groups in total. The molecule has 0 saturated carbocycles. The molecule has 0 fully saturated rings. The lowest BCUT2D eigenvalue weighted by atomic mass is 9.81. The van der Waals surface area contributed by atoms with Gasteiger partial charge in [-0.2, -0.15) is 10.3 Å². The van der Waals surface area contributed by atoms with Gasteiger partial charge in [0.1, 0.15) is 37.1 Å². The Morgan fingerprint density at radius 1 is 1.16 bits per heavy atom. The molecule has 0 amide bonds. The number of aromatic nitrogens is 2. The number of nitrogens with one attached hydrogen (secondary N) is 3. The van der Waals surface area contributed by atoms with Crippen LogP contribution < -0.4 is 15.6 Å². The van der Waals surface area contributed by atoms with Crippen LogP contribution in [-0.4, -0.2) is 77.8 Å². The number of rotatable bonds is 15. The monoisotopic (exact) mass is 719 g/mol. The van der Waals surface area contributed by atoms with Crippen molar-refractivity contribution in [3.05, 3.63) is 99.5 Å². The summed E-state index contributed by atoms with van der Waals surface area (Å²) in [5.74, 6) is -3.10. The van der Waals surface area contributed by atoms with E-state index >= 15 is 4.39 Å². The predicted octanol–water partition coefficient (Wildman–Crippen LogP) is 2.71. The van der Waals surface area contributed by atoms with Crippen molar-refractivity contribution in [2.45, 2.75) is 38.2 Å². The average molecular weight is 720 g/mol. The Labute approximate surface area is 297 Å². The maximum absolute atomic E-state index is 15.3. The smallest absolute Gasteiger partial charge is 0.327 e. The molecule has 13 nitrogen and oxygen atoms in total. The van der Waals surface area contributed by atoms with E-state index in [1.165, 1.54) is 29.9 Å². The third-order valence-corrected chi connectivity index (χ3v) is 9.34. The largest absolute Gasteiger partial charge is 0.460 e. The fourth-order valence-corrected chi connectivity index (χ4v) is 6.44. The van der Waals surface area contributed by atoms with Crippen LogP contribution in [0.15, 0.2) is 71.3 Å². The Morgan fingerprint density at radius 3 is 2.67 bits per heavy atom. The highest BCUT2D eigenvalue weighted by atomic mass is 32.1. The summed E-state index contributed by atoms with van der Waals surface area (Å²) in [4.78, 5) is 35.1. The first-order valence-corrected chi connectivity index (χ1v) is 16.8. The van der Waals surface area contributed by atoms with Crippen molar-refractivity contribution in [1.82, 2.24) is 20.2 Å². The van der Waals surface area contributed by atoms with Crippen LogP contribution in [0.3, 0.4) is 0 Å². The zero-order valence-corrected chi connectivity index (χ0v) is 28.9. The van der Waals surface area contributed by atoms with Crippen molar-refractivity contribution in [3.63, 3.8) is 0 Å². The highest BCUT2D eigenvalue weighted by Crippen LogP contribution is 2.40. The second-order valence-electron chi connectivity index (χ2n) is 11.8. The maximum Gasteiger partial charge on any atom is 0.327 e. The van der Waals surface area contributed by atoms with Gasteiger partial charge in [-0.05, 0) is 38.2 Å². The molecule has 2 aromatic heterocycles. The number of nitriles is 1. The third kappa shape index (κ3) is 9.07. The molecule has 5 rings (SSSR count). The highest BCUT2D eigenvalue weighted by Gasteiger charge is 2.45. The molecule has 0 aliphatic carbocycles. The normalized spacial score (nSPS) is 16.2. The van der Waals surface area contributed by atoms with E-state index in [4.69, 9.17) is 19.7 Å². The summed E-state index contributed by atoms with van der Waals surface area (Å²) in [6.45, 7) is 3.22. The Kier molecular flexibility index (Phi) is 12.0. The summed E-state index contributed by atoms with van der Waals surface area (Å²) in [5, 5.41) is 34.3. The minimum Gasteiger partial charge on any atom is -0.460 e. The summed E-state index contributed by atoms with van der Waals surface area (Å²) in [6.07, 6.45) is 2.26. The van der Waals surface area contributed by atoms with Crippen molar-refractivity contribution in [2.24, 2.45) is 5.10 Å². The number of nitrogens with zero attached hydrogens (tertiary/aromatic N) is 5. The number of benzene rings is 2. The lowest BCUT2D eigenvalue weighted by molar-refractivity contribution is -0.916. The van der Waals surface area contributed by atoms with E-state index in [-0.39, 0.29) is 38.5 Å². The number of halogens is 2. The molecule has 51 heavy (non-hydrogen) atoms. The van der Waals surface area contributed by atoms with Gasteiger partial charge in [-0.3, -0.25) is 14.5 Å². The minimum atomic E-state index is -1.88. The number of pyridine rings is 1. The number of likely N-dealkylation sites (N-methyl/N-ethyl adjacent to an activating group) is 1. The molecule has 0 bridgehead atoms. The van der Waals surface area contributed by atoms with E-state index in [2.05, 4.69) is 26.8 Å².